The number of nitrogen functional groups attached to an aromatic ring is 1. The Kier molecular flexibility index (Phi) is 2.56. The van der Waals surface area contributed by atoms with Gasteiger partial charge in [0.05, 0.1) is 11.0 Å². The van der Waals surface area contributed by atoms with Gasteiger partial charge in [-0.05, 0) is 12.1 Å². The molecule has 0 fully saturated rings. The highest BCUT2D eigenvalue weighted by Gasteiger charge is 2.31. The number of imidazole rings is 1. The summed E-state index contributed by atoms with van der Waals surface area (Å²) < 4.78 is 40.3. The van der Waals surface area contributed by atoms with Gasteiger partial charge >= 0.3 is 6.36 Å². The molecule has 0 unspecified atom stereocenters. The number of nitrogens with one attached hydrogen (secondary N) is 2. The minimum absolute atomic E-state index is 0.293. The first-order valence-corrected chi connectivity index (χ1v) is 5.47. The predicted octanol–water partition coefficient (Wildman–Crippen LogP) is 2.43. The number of alkyl halides is 3. The smallest absolute Gasteiger partial charge is 0.406 e. The molecule has 2 heterocycles. The predicted molar refractivity (Wildman–Crippen MR) is 64.8 cm³/mol. The van der Waals surface area contributed by atoms with Crippen LogP contribution in [0.15, 0.2) is 24.3 Å². The van der Waals surface area contributed by atoms with Gasteiger partial charge in [0.1, 0.15) is 17.3 Å². The van der Waals surface area contributed by atoms with Crippen LogP contribution in [0.2, 0.25) is 0 Å². The van der Waals surface area contributed by atoms with E-state index in [9.17, 15) is 13.2 Å². The number of aromatic nitrogens is 4. The molecule has 3 rings (SSSR count). The summed E-state index contributed by atoms with van der Waals surface area (Å²) in [5.41, 5.74) is 6.93. The van der Waals surface area contributed by atoms with Crippen LogP contribution < -0.4 is 10.5 Å². The van der Waals surface area contributed by atoms with Gasteiger partial charge in [-0.3, -0.25) is 5.10 Å². The summed E-state index contributed by atoms with van der Waals surface area (Å²) in [6, 6.07) is 5.40. The zero-order valence-electron chi connectivity index (χ0n) is 9.82. The van der Waals surface area contributed by atoms with Crippen LogP contribution in [-0.4, -0.2) is 26.5 Å². The average molecular weight is 283 g/mol. The third-order valence-corrected chi connectivity index (χ3v) is 2.54. The van der Waals surface area contributed by atoms with E-state index in [1.165, 1.54) is 18.2 Å². The van der Waals surface area contributed by atoms with Crippen LogP contribution >= 0.6 is 0 Å². The molecule has 0 radical (unpaired) electrons. The number of nitrogens with two attached hydrogens (primary N) is 1. The average Bonchev–Trinajstić information content (AvgIpc) is 2.92. The molecule has 0 spiro atoms. The van der Waals surface area contributed by atoms with Gasteiger partial charge in [-0.1, -0.05) is 0 Å². The molecule has 2 aromatic heterocycles. The topological polar surface area (TPSA) is 92.6 Å². The minimum atomic E-state index is -4.73. The normalized spacial score (nSPS) is 11.9. The maximum absolute atomic E-state index is 12.1. The van der Waals surface area contributed by atoms with E-state index in [0.29, 0.717) is 28.4 Å². The highest BCUT2D eigenvalue weighted by molar-refractivity contribution is 5.80. The second kappa shape index (κ2) is 4.15. The van der Waals surface area contributed by atoms with Crippen LogP contribution in [0.5, 0.6) is 5.75 Å². The maximum Gasteiger partial charge on any atom is 0.573 e. The number of fused-ring (bicyclic) bond motifs is 1. The first kappa shape index (κ1) is 12.3. The molecule has 3 aromatic rings. The molecule has 0 saturated heterocycles. The van der Waals surface area contributed by atoms with Gasteiger partial charge in [0.2, 0.25) is 0 Å². The zero-order chi connectivity index (χ0) is 14.3. The van der Waals surface area contributed by atoms with Crippen molar-refractivity contribution in [3.63, 3.8) is 0 Å². The monoisotopic (exact) mass is 283 g/mol. The third-order valence-electron chi connectivity index (χ3n) is 2.54. The molecule has 0 saturated carbocycles. The van der Waals surface area contributed by atoms with Crippen LogP contribution in [0.3, 0.4) is 0 Å². The number of aromatic amines is 2. The fraction of sp³-hybridized carbons (Fsp3) is 0.0909. The van der Waals surface area contributed by atoms with E-state index in [2.05, 4.69) is 24.9 Å². The fourth-order valence-corrected chi connectivity index (χ4v) is 1.77. The van der Waals surface area contributed by atoms with E-state index in [4.69, 9.17) is 5.73 Å². The summed E-state index contributed by atoms with van der Waals surface area (Å²) in [6.45, 7) is 0. The van der Waals surface area contributed by atoms with Crippen molar-refractivity contribution in [2.75, 3.05) is 5.73 Å². The SMILES string of the molecule is Nc1cc(-c2nc3ccc(OC(F)(F)F)cc3[nH]2)[nH]n1. The molecule has 0 aliphatic heterocycles. The van der Waals surface area contributed by atoms with E-state index in [1.807, 2.05) is 0 Å². The van der Waals surface area contributed by atoms with E-state index in [0.717, 1.165) is 0 Å². The van der Waals surface area contributed by atoms with Crippen LogP contribution in [-0.2, 0) is 0 Å². The number of ether oxygens (including phenoxy) is 1. The number of anilines is 1. The Bertz CT molecular complexity index is 761. The molecule has 4 N–H and O–H groups in total. The largest absolute Gasteiger partial charge is 0.573 e. The van der Waals surface area contributed by atoms with Crippen LogP contribution in [0.4, 0.5) is 19.0 Å². The molecule has 20 heavy (non-hydrogen) atoms. The Morgan fingerprint density at radius 3 is 2.65 bits per heavy atom. The minimum Gasteiger partial charge on any atom is -0.406 e. The Morgan fingerprint density at radius 2 is 2.00 bits per heavy atom. The number of halogens is 3. The number of hydrogen-bond acceptors (Lipinski definition) is 4. The van der Waals surface area contributed by atoms with Gasteiger partial charge in [-0.15, -0.1) is 13.2 Å². The molecule has 0 aliphatic rings. The van der Waals surface area contributed by atoms with E-state index in [1.54, 1.807) is 6.07 Å². The summed E-state index contributed by atoms with van der Waals surface area (Å²) >= 11 is 0. The molecule has 104 valence electrons. The molecular weight excluding hydrogens is 275 g/mol. The maximum atomic E-state index is 12.1. The molecule has 0 aliphatic carbocycles. The second-order valence-electron chi connectivity index (χ2n) is 4.02. The van der Waals surface area contributed by atoms with Crippen LogP contribution in [0.1, 0.15) is 0 Å². The van der Waals surface area contributed by atoms with Crippen molar-refractivity contribution in [3.8, 4) is 17.3 Å². The number of hydrogen-bond donors (Lipinski definition) is 3. The third kappa shape index (κ3) is 2.37. The Labute approximate surface area is 109 Å². The zero-order valence-corrected chi connectivity index (χ0v) is 9.82. The van der Waals surface area contributed by atoms with Crippen molar-refractivity contribution >= 4 is 16.9 Å². The van der Waals surface area contributed by atoms with Crippen molar-refractivity contribution in [2.45, 2.75) is 6.36 Å². The summed E-state index contributed by atoms with van der Waals surface area (Å²) in [7, 11) is 0. The summed E-state index contributed by atoms with van der Waals surface area (Å²) in [5, 5.41) is 6.40. The van der Waals surface area contributed by atoms with Crippen molar-refractivity contribution in [1.82, 2.24) is 20.2 Å². The van der Waals surface area contributed by atoms with E-state index >= 15 is 0 Å². The lowest BCUT2D eigenvalue weighted by Crippen LogP contribution is -2.16. The Hall–Kier alpha value is -2.71. The first-order chi connectivity index (χ1) is 9.40. The molecule has 0 atom stereocenters. The van der Waals surface area contributed by atoms with Gasteiger partial charge < -0.3 is 15.5 Å². The lowest BCUT2D eigenvalue weighted by molar-refractivity contribution is -0.274. The molecule has 0 bridgehead atoms. The van der Waals surface area contributed by atoms with Crippen molar-refractivity contribution in [1.29, 1.82) is 0 Å². The van der Waals surface area contributed by atoms with E-state index < -0.39 is 6.36 Å². The highest BCUT2D eigenvalue weighted by atomic mass is 19.4. The van der Waals surface area contributed by atoms with Gasteiger partial charge in [-0.2, -0.15) is 5.10 Å². The number of H-pyrrole nitrogens is 2. The van der Waals surface area contributed by atoms with Crippen molar-refractivity contribution in [2.24, 2.45) is 0 Å². The molecule has 1 aromatic carbocycles. The number of rotatable bonds is 2. The number of benzene rings is 1. The van der Waals surface area contributed by atoms with Crippen molar-refractivity contribution in [3.05, 3.63) is 24.3 Å². The Morgan fingerprint density at radius 1 is 1.20 bits per heavy atom. The highest BCUT2D eigenvalue weighted by Crippen LogP contribution is 2.27. The summed E-state index contributed by atoms with van der Waals surface area (Å²) in [6.07, 6.45) is -4.73. The fourth-order valence-electron chi connectivity index (χ4n) is 1.77. The lowest BCUT2D eigenvalue weighted by atomic mass is 10.3. The molecule has 6 nitrogen and oxygen atoms in total. The summed E-state index contributed by atoms with van der Waals surface area (Å²) in [4.78, 5) is 7.08. The van der Waals surface area contributed by atoms with Crippen LogP contribution in [0, 0.1) is 0 Å². The lowest BCUT2D eigenvalue weighted by Gasteiger charge is -2.07. The molecule has 0 amide bonds. The standard InChI is InChI=1S/C11H8F3N5O/c12-11(13,14)20-5-1-2-6-7(3-5)17-10(16-6)8-4-9(15)19-18-8/h1-4H,(H,16,17)(H3,15,18,19). The van der Waals surface area contributed by atoms with Gasteiger partial charge in [0.25, 0.3) is 0 Å². The quantitative estimate of drug-likeness (QED) is 0.673. The van der Waals surface area contributed by atoms with Gasteiger partial charge in [-0.25, -0.2) is 4.98 Å². The van der Waals surface area contributed by atoms with Gasteiger partial charge in [0.15, 0.2) is 5.82 Å². The van der Waals surface area contributed by atoms with E-state index in [-0.39, 0.29) is 5.75 Å². The molecular formula is C11H8F3N5O. The molecule has 9 heteroatoms. The summed E-state index contributed by atoms with van der Waals surface area (Å²) in [5.74, 6) is 0.402. The first-order valence-electron chi connectivity index (χ1n) is 5.47. The van der Waals surface area contributed by atoms with Crippen molar-refractivity contribution < 1.29 is 17.9 Å². The number of nitrogens with zero attached hydrogens (tertiary/aromatic N) is 2. The van der Waals surface area contributed by atoms with Crippen LogP contribution in [0.25, 0.3) is 22.6 Å². The van der Waals surface area contributed by atoms with Gasteiger partial charge in [0, 0.05) is 12.1 Å². The Balaban J connectivity index is 1.99. The second-order valence-corrected chi connectivity index (χ2v) is 4.02.